The normalized spacial score (nSPS) is 10.9. The van der Waals surface area contributed by atoms with Gasteiger partial charge in [-0.05, 0) is 18.5 Å². The number of carbonyl (C=O) groups is 1. The van der Waals surface area contributed by atoms with Gasteiger partial charge in [-0.3, -0.25) is 14.9 Å². The van der Waals surface area contributed by atoms with Crippen molar-refractivity contribution in [3.05, 3.63) is 38.3 Å². The summed E-state index contributed by atoms with van der Waals surface area (Å²) in [5, 5.41) is 20.8. The zero-order valence-electron chi connectivity index (χ0n) is 19.1. The quantitative estimate of drug-likeness (QED) is 0.0448. The first kappa shape index (κ1) is 28.4. The molecule has 0 saturated heterocycles. The molecule has 0 fully saturated rings. The molecule has 0 spiro atoms. The third kappa shape index (κ3) is 10.8. The summed E-state index contributed by atoms with van der Waals surface area (Å²) < 4.78 is 26.4. The third-order valence-electron chi connectivity index (χ3n) is 4.13. The highest BCUT2D eigenvalue weighted by molar-refractivity contribution is 6.02. The number of ether oxygens (including phenoxy) is 5. The van der Waals surface area contributed by atoms with Crippen LogP contribution in [0, 0.1) is 10.1 Å². The Labute approximate surface area is 195 Å². The summed E-state index contributed by atoms with van der Waals surface area (Å²) in [7, 11) is 1.37. The van der Waals surface area contributed by atoms with Gasteiger partial charge in [0.2, 0.25) is 0 Å². The zero-order chi connectivity index (χ0) is 25.2. The maximum Gasteiger partial charge on any atom is 0.282 e. The number of nitro benzene ring substituents is 1. The number of azide groups is 1. The average molecular weight is 483 g/mol. The number of carbonyl (C=O) groups excluding carboxylic acids is 1. The Bertz CT molecular complexity index is 874. The SMILES string of the molecule is COc1cc(/C(C)=N\N)c([N+](=O)[O-])cc1OCC(=O)NCCOCCOCCOCCN=[N+]=[N-]. The van der Waals surface area contributed by atoms with Gasteiger partial charge in [-0.1, -0.05) is 5.11 Å². The summed E-state index contributed by atoms with van der Waals surface area (Å²) in [5.74, 6) is 5.02. The van der Waals surface area contributed by atoms with Crippen LogP contribution in [0.15, 0.2) is 22.3 Å². The number of nitrogens with one attached hydrogen (secondary N) is 1. The summed E-state index contributed by atoms with van der Waals surface area (Å²) in [6.07, 6.45) is 0. The molecule has 0 aliphatic rings. The Kier molecular flexibility index (Phi) is 14.1. The molecule has 0 unspecified atom stereocenters. The fourth-order valence-electron chi connectivity index (χ4n) is 2.48. The fourth-order valence-corrected chi connectivity index (χ4v) is 2.48. The van der Waals surface area contributed by atoms with Crippen LogP contribution in [-0.4, -0.2) is 83.0 Å². The number of hydrogen-bond donors (Lipinski definition) is 2. The Balaban J connectivity index is 2.30. The van der Waals surface area contributed by atoms with Gasteiger partial charge in [0.15, 0.2) is 18.1 Å². The van der Waals surface area contributed by atoms with Crippen LogP contribution in [0.4, 0.5) is 5.69 Å². The van der Waals surface area contributed by atoms with Crippen LogP contribution in [0.5, 0.6) is 11.5 Å². The van der Waals surface area contributed by atoms with Gasteiger partial charge in [0.1, 0.15) is 0 Å². The summed E-state index contributed by atoms with van der Waals surface area (Å²) >= 11 is 0. The van der Waals surface area contributed by atoms with E-state index in [1.54, 1.807) is 0 Å². The van der Waals surface area contributed by atoms with Crippen LogP contribution >= 0.6 is 0 Å². The van der Waals surface area contributed by atoms with Gasteiger partial charge in [-0.25, -0.2) is 0 Å². The number of hydrogen-bond acceptors (Lipinski definition) is 11. The van der Waals surface area contributed by atoms with Crippen molar-refractivity contribution in [3.8, 4) is 11.5 Å². The molecule has 0 heterocycles. The summed E-state index contributed by atoms with van der Waals surface area (Å²) in [6, 6.07) is 2.53. The van der Waals surface area contributed by atoms with Crippen LogP contribution in [0.2, 0.25) is 0 Å². The number of benzene rings is 1. The molecule has 1 rings (SSSR count). The minimum Gasteiger partial charge on any atom is -0.493 e. The number of hydrazone groups is 1. The topological polar surface area (TPSA) is 206 Å². The maximum absolute atomic E-state index is 12.0. The predicted octanol–water partition coefficient (Wildman–Crippen LogP) is 1.14. The lowest BCUT2D eigenvalue weighted by molar-refractivity contribution is -0.385. The van der Waals surface area contributed by atoms with Crippen molar-refractivity contribution in [2.24, 2.45) is 16.1 Å². The second kappa shape index (κ2) is 16.9. The molecular weight excluding hydrogens is 454 g/mol. The molecular formula is C19H29N7O8. The number of rotatable bonds is 18. The second-order valence-corrected chi connectivity index (χ2v) is 6.42. The molecule has 1 aromatic rings. The molecule has 0 aromatic heterocycles. The number of nitrogens with two attached hydrogens (primary N) is 1. The van der Waals surface area contributed by atoms with Crippen molar-refractivity contribution in [3.63, 3.8) is 0 Å². The molecule has 1 amide bonds. The molecule has 0 radical (unpaired) electrons. The maximum atomic E-state index is 12.0. The molecule has 188 valence electrons. The number of nitro groups is 1. The van der Waals surface area contributed by atoms with E-state index >= 15 is 0 Å². The van der Waals surface area contributed by atoms with Crippen LogP contribution in [0.25, 0.3) is 10.4 Å². The first-order chi connectivity index (χ1) is 16.4. The van der Waals surface area contributed by atoms with E-state index in [1.165, 1.54) is 20.1 Å². The highest BCUT2D eigenvalue weighted by Gasteiger charge is 2.22. The Morgan fingerprint density at radius 2 is 1.79 bits per heavy atom. The smallest absolute Gasteiger partial charge is 0.282 e. The second-order valence-electron chi connectivity index (χ2n) is 6.42. The van der Waals surface area contributed by atoms with Crippen LogP contribution < -0.4 is 20.6 Å². The Morgan fingerprint density at radius 1 is 1.15 bits per heavy atom. The van der Waals surface area contributed by atoms with Gasteiger partial charge >= 0.3 is 0 Å². The van der Waals surface area contributed by atoms with Gasteiger partial charge in [0.25, 0.3) is 11.6 Å². The predicted molar refractivity (Wildman–Crippen MR) is 121 cm³/mol. The van der Waals surface area contributed by atoms with E-state index < -0.39 is 10.8 Å². The van der Waals surface area contributed by atoms with E-state index in [0.29, 0.717) is 33.0 Å². The Morgan fingerprint density at radius 3 is 2.38 bits per heavy atom. The minimum atomic E-state index is -0.601. The lowest BCUT2D eigenvalue weighted by Crippen LogP contribution is -2.32. The lowest BCUT2D eigenvalue weighted by Gasteiger charge is -2.13. The molecule has 34 heavy (non-hydrogen) atoms. The third-order valence-corrected chi connectivity index (χ3v) is 4.13. The van der Waals surface area contributed by atoms with E-state index in [2.05, 4.69) is 20.4 Å². The highest BCUT2D eigenvalue weighted by Crippen LogP contribution is 2.35. The summed E-state index contributed by atoms with van der Waals surface area (Å²) in [4.78, 5) is 25.4. The number of amides is 1. The molecule has 0 bridgehead atoms. The van der Waals surface area contributed by atoms with Crippen LogP contribution in [0.3, 0.4) is 0 Å². The van der Waals surface area contributed by atoms with Gasteiger partial charge < -0.3 is 34.8 Å². The standard InChI is InChI=1S/C19H29N7O8/c1-14(24-20)15-11-17(30-2)18(12-16(15)26(28)29)34-13-19(27)22-3-5-31-7-9-33-10-8-32-6-4-23-25-21/h11-12H,3-10,13,20H2,1-2H3,(H,22,27)/b24-14-. The number of nitrogens with zero attached hydrogens (tertiary/aromatic N) is 5. The van der Waals surface area contributed by atoms with Gasteiger partial charge in [-0.15, -0.1) is 0 Å². The van der Waals surface area contributed by atoms with Crippen molar-refractivity contribution in [1.82, 2.24) is 5.32 Å². The molecule has 15 nitrogen and oxygen atoms in total. The zero-order valence-corrected chi connectivity index (χ0v) is 19.1. The molecule has 3 N–H and O–H groups in total. The molecule has 0 aliphatic carbocycles. The van der Waals surface area contributed by atoms with E-state index in [9.17, 15) is 14.9 Å². The number of methoxy groups -OCH3 is 1. The van der Waals surface area contributed by atoms with Crippen molar-refractivity contribution >= 4 is 17.3 Å². The molecule has 0 atom stereocenters. The molecule has 1 aromatic carbocycles. The van der Waals surface area contributed by atoms with Crippen molar-refractivity contribution in [2.45, 2.75) is 6.92 Å². The van der Waals surface area contributed by atoms with E-state index in [1.807, 2.05) is 0 Å². The minimum absolute atomic E-state index is 0.0353. The van der Waals surface area contributed by atoms with E-state index in [4.69, 9.17) is 35.1 Å². The fraction of sp³-hybridized carbons (Fsp3) is 0.579. The first-order valence-electron chi connectivity index (χ1n) is 10.2. The first-order valence-corrected chi connectivity index (χ1v) is 10.2. The van der Waals surface area contributed by atoms with Crippen LogP contribution in [-0.2, 0) is 19.0 Å². The lowest BCUT2D eigenvalue weighted by atomic mass is 10.1. The largest absolute Gasteiger partial charge is 0.493 e. The monoisotopic (exact) mass is 483 g/mol. The summed E-state index contributed by atoms with van der Waals surface area (Å²) in [6.45, 7) is 3.73. The van der Waals surface area contributed by atoms with E-state index in [-0.39, 0.29) is 54.8 Å². The van der Waals surface area contributed by atoms with Gasteiger partial charge in [0, 0.05) is 18.0 Å². The molecule has 0 saturated carbocycles. The van der Waals surface area contributed by atoms with Crippen molar-refractivity contribution in [2.75, 3.05) is 66.4 Å². The summed E-state index contributed by atoms with van der Waals surface area (Å²) in [5.41, 5.74) is 8.26. The Hall–Kier alpha value is -3.65. The van der Waals surface area contributed by atoms with Crippen molar-refractivity contribution in [1.29, 1.82) is 0 Å². The molecule has 15 heteroatoms. The van der Waals surface area contributed by atoms with Crippen molar-refractivity contribution < 1.29 is 33.4 Å². The van der Waals surface area contributed by atoms with Gasteiger partial charge in [-0.2, -0.15) is 5.10 Å². The van der Waals surface area contributed by atoms with Gasteiger partial charge in [0.05, 0.1) is 69.0 Å². The van der Waals surface area contributed by atoms with E-state index in [0.717, 1.165) is 6.07 Å². The highest BCUT2D eigenvalue weighted by atomic mass is 16.6. The average Bonchev–Trinajstić information content (AvgIpc) is 2.84. The van der Waals surface area contributed by atoms with Crippen LogP contribution in [0.1, 0.15) is 12.5 Å². The molecule has 0 aliphatic heterocycles.